The quantitative estimate of drug-likeness (QED) is 0.260. The molecule has 0 bridgehead atoms. The third-order valence-electron chi connectivity index (χ3n) is 7.88. The molecule has 1 radical (unpaired) electrons. The summed E-state index contributed by atoms with van der Waals surface area (Å²) in [6.45, 7) is 9.86. The van der Waals surface area contributed by atoms with Crippen LogP contribution in [0.25, 0.3) is 0 Å². The van der Waals surface area contributed by atoms with E-state index in [4.69, 9.17) is 8.23 Å². The maximum absolute atomic E-state index is 7.35. The van der Waals surface area contributed by atoms with E-state index in [0.717, 1.165) is 16.6 Å². The standard InChI is InChI=1S/C22H45O2Si3.S.W/c1-25(20-14-8-5-9-15-20)23-26(2,3)24-27(4,21-16-10-6-11-17-21)22-18-12-7-13-19-22;;/h20-22H,5-19H2,1-4H3;;. The van der Waals surface area contributed by atoms with Crippen molar-refractivity contribution in [1.82, 2.24) is 0 Å². The van der Waals surface area contributed by atoms with Crippen molar-refractivity contribution in [1.29, 1.82) is 0 Å². The molecule has 0 N–H and O–H groups in total. The molecule has 3 fully saturated rings. The molecule has 3 aliphatic carbocycles. The predicted octanol–water partition coefficient (Wildman–Crippen LogP) is 8.57. The van der Waals surface area contributed by atoms with Crippen LogP contribution >= 0.6 is 9.82 Å². The van der Waals surface area contributed by atoms with Crippen LogP contribution in [0.4, 0.5) is 0 Å². The summed E-state index contributed by atoms with van der Waals surface area (Å²) in [4.78, 5) is 0. The molecule has 3 rings (SSSR count). The van der Waals surface area contributed by atoms with E-state index >= 15 is 0 Å². The minimum atomic E-state index is -2.05. The molecule has 7 heteroatoms. The molecular weight excluding hydrogens is 596 g/mol. The Hall–Kier alpha value is 1.48. The molecule has 0 aromatic heterocycles. The second kappa shape index (κ2) is 13.2. The topological polar surface area (TPSA) is 18.5 Å². The summed E-state index contributed by atoms with van der Waals surface area (Å²) in [6, 6.07) is 0. The van der Waals surface area contributed by atoms with E-state index in [0.29, 0.717) is 0 Å². The Morgan fingerprint density at radius 2 is 1.07 bits per heavy atom. The first kappa shape index (κ1) is 26.7. The van der Waals surface area contributed by atoms with Crippen LogP contribution in [0.2, 0.25) is 42.8 Å². The average Bonchev–Trinajstić information content (AvgIpc) is 2.76. The zero-order chi connectivity index (χ0) is 21.3. The number of rotatable bonds is 7. The van der Waals surface area contributed by atoms with Crippen LogP contribution < -0.4 is 0 Å². The SMILES string of the molecule is C[Si](O[Si](C)(C)O[Si](C)(C1CCCCC1)C1CCCCC1)C1CCCCC1.[S]=[W]. The first-order valence-corrected chi connectivity index (χ1v) is 23.6. The predicted molar refractivity (Wildman–Crippen MR) is 131 cm³/mol. The van der Waals surface area contributed by atoms with Gasteiger partial charge in [0.2, 0.25) is 0 Å². The Bertz CT molecular complexity index is 447. The zero-order valence-corrected chi connectivity index (χ0v) is 26.2. The van der Waals surface area contributed by atoms with Crippen molar-refractivity contribution in [3.63, 3.8) is 0 Å². The second-order valence-electron chi connectivity index (χ2n) is 10.4. The fourth-order valence-electron chi connectivity index (χ4n) is 6.38. The average molecular weight is 642 g/mol. The molecule has 2 nitrogen and oxygen atoms in total. The van der Waals surface area contributed by atoms with Crippen molar-refractivity contribution in [3.05, 3.63) is 0 Å². The Labute approximate surface area is 200 Å². The molecule has 0 saturated heterocycles. The molecule has 0 aromatic rings. The van der Waals surface area contributed by atoms with Gasteiger partial charge in [0.05, 0.1) is 0 Å². The van der Waals surface area contributed by atoms with Gasteiger partial charge in [0.25, 0.3) is 0 Å². The van der Waals surface area contributed by atoms with Gasteiger partial charge in [-0.05, 0) is 42.8 Å². The van der Waals surface area contributed by atoms with Gasteiger partial charge in [-0.1, -0.05) is 96.3 Å². The molecule has 0 heterocycles. The molecule has 3 saturated carbocycles. The van der Waals surface area contributed by atoms with Crippen molar-refractivity contribution in [2.75, 3.05) is 0 Å². The van der Waals surface area contributed by atoms with Crippen LogP contribution in [0.1, 0.15) is 96.3 Å². The molecule has 3 aliphatic rings. The van der Waals surface area contributed by atoms with Crippen LogP contribution in [0.15, 0.2) is 0 Å². The van der Waals surface area contributed by atoms with E-state index in [2.05, 4.69) is 36.0 Å². The van der Waals surface area contributed by atoms with Crippen LogP contribution in [0.5, 0.6) is 0 Å². The summed E-state index contributed by atoms with van der Waals surface area (Å²) in [5, 5.41) is 0. The van der Waals surface area contributed by atoms with E-state index < -0.39 is 25.9 Å². The Morgan fingerprint density at radius 1 is 0.690 bits per heavy atom. The van der Waals surface area contributed by atoms with Crippen molar-refractivity contribution in [2.45, 2.75) is 139 Å². The molecule has 169 valence electrons. The van der Waals surface area contributed by atoms with E-state index in [1.165, 1.54) is 114 Å². The van der Waals surface area contributed by atoms with E-state index in [9.17, 15) is 0 Å². The van der Waals surface area contributed by atoms with Crippen molar-refractivity contribution in [3.8, 4) is 0 Å². The van der Waals surface area contributed by atoms with Crippen LogP contribution in [0.3, 0.4) is 0 Å². The summed E-state index contributed by atoms with van der Waals surface area (Å²) < 4.78 is 14.3. The van der Waals surface area contributed by atoms with Crippen molar-refractivity contribution < 1.29 is 26.2 Å². The summed E-state index contributed by atoms with van der Waals surface area (Å²) in [6.07, 6.45) is 21.5. The van der Waals surface area contributed by atoms with Gasteiger partial charge in [-0.25, -0.2) is 0 Å². The first-order chi connectivity index (χ1) is 13.9. The van der Waals surface area contributed by atoms with Gasteiger partial charge in [0.15, 0.2) is 17.4 Å². The van der Waals surface area contributed by atoms with Crippen molar-refractivity contribution >= 4 is 35.7 Å². The van der Waals surface area contributed by atoms with Gasteiger partial charge in [0.1, 0.15) is 0 Å². The summed E-state index contributed by atoms with van der Waals surface area (Å²) in [5.41, 5.74) is 2.66. The van der Waals surface area contributed by atoms with Gasteiger partial charge in [0, 0.05) is 0 Å². The summed E-state index contributed by atoms with van der Waals surface area (Å²) >= 11 is 1.17. The normalized spacial score (nSPS) is 23.6. The fourth-order valence-corrected chi connectivity index (χ4v) is 21.3. The maximum atomic E-state index is 7.35. The first-order valence-electron chi connectivity index (χ1n) is 12.3. The van der Waals surface area contributed by atoms with Crippen molar-refractivity contribution in [2.24, 2.45) is 0 Å². The molecule has 0 amide bonds. The summed E-state index contributed by atoms with van der Waals surface area (Å²) in [7, 11) is -0.346. The minimum absolute atomic E-state index is 0.720. The van der Waals surface area contributed by atoms with E-state index in [1.807, 2.05) is 0 Å². The number of hydrogen-bond acceptors (Lipinski definition) is 3. The van der Waals surface area contributed by atoms with Crippen LogP contribution in [0, 0.1) is 0 Å². The Balaban J connectivity index is 0.00000145. The molecule has 0 unspecified atom stereocenters. The van der Waals surface area contributed by atoms with Gasteiger partial charge in [-0.15, -0.1) is 0 Å². The molecule has 0 aliphatic heterocycles. The fraction of sp³-hybridized carbons (Fsp3) is 1.00. The van der Waals surface area contributed by atoms with Gasteiger partial charge < -0.3 is 8.23 Å². The van der Waals surface area contributed by atoms with E-state index in [1.54, 1.807) is 0 Å². The molecule has 29 heavy (non-hydrogen) atoms. The summed E-state index contributed by atoms with van der Waals surface area (Å²) in [5.74, 6) is 0. The zero-order valence-electron chi connectivity index (χ0n) is 19.5. The van der Waals surface area contributed by atoms with Crippen LogP contribution in [-0.4, -0.2) is 25.9 Å². The monoisotopic (exact) mass is 641 g/mol. The van der Waals surface area contributed by atoms with Crippen LogP contribution in [-0.2, 0) is 26.2 Å². The molecule has 0 atom stereocenters. The second-order valence-corrected chi connectivity index (χ2v) is 20.9. The van der Waals surface area contributed by atoms with E-state index in [-0.39, 0.29) is 0 Å². The molecule has 0 spiro atoms. The van der Waals surface area contributed by atoms with Gasteiger partial charge in [-0.3, -0.25) is 0 Å². The Morgan fingerprint density at radius 3 is 1.48 bits per heavy atom. The van der Waals surface area contributed by atoms with Gasteiger partial charge in [-0.2, -0.15) is 0 Å². The number of hydrogen-bond donors (Lipinski definition) is 0. The third-order valence-corrected chi connectivity index (χ3v) is 21.0. The molecular formula is C22H45O2SSi3W. The third kappa shape index (κ3) is 8.08. The Kier molecular flexibility index (Phi) is 12.2. The molecule has 0 aromatic carbocycles. The van der Waals surface area contributed by atoms with Gasteiger partial charge >= 0.3 is 36.4 Å².